The Morgan fingerprint density at radius 2 is 2.15 bits per heavy atom. The highest BCUT2D eigenvalue weighted by atomic mass is 32.1. The summed E-state index contributed by atoms with van der Waals surface area (Å²) in [5.74, 6) is 0.652. The Labute approximate surface area is 119 Å². The van der Waals surface area contributed by atoms with Crippen molar-refractivity contribution in [3.8, 4) is 16.9 Å². The summed E-state index contributed by atoms with van der Waals surface area (Å²) in [6.45, 7) is 0.874. The normalized spacial score (nSPS) is 13.2. The van der Waals surface area contributed by atoms with E-state index in [9.17, 15) is 4.39 Å². The lowest BCUT2D eigenvalue weighted by Gasteiger charge is -2.06. The Kier molecular flexibility index (Phi) is 2.60. The topological polar surface area (TPSA) is 29.9 Å². The van der Waals surface area contributed by atoms with Crippen LogP contribution in [0, 0.1) is 5.82 Å². The molecule has 1 aromatic carbocycles. The van der Waals surface area contributed by atoms with Crippen molar-refractivity contribution in [2.24, 2.45) is 0 Å². The molecule has 0 unspecified atom stereocenters. The van der Waals surface area contributed by atoms with Crippen molar-refractivity contribution < 1.29 is 4.39 Å². The van der Waals surface area contributed by atoms with Crippen LogP contribution >= 0.6 is 11.3 Å². The summed E-state index contributed by atoms with van der Waals surface area (Å²) in [5, 5.41) is 12.1. The first kappa shape index (κ1) is 11.7. The van der Waals surface area contributed by atoms with E-state index in [0.29, 0.717) is 5.69 Å². The van der Waals surface area contributed by atoms with E-state index in [0.717, 1.165) is 30.0 Å². The zero-order chi connectivity index (χ0) is 13.5. The van der Waals surface area contributed by atoms with Crippen LogP contribution in [0.2, 0.25) is 0 Å². The molecule has 100 valence electrons. The summed E-state index contributed by atoms with van der Waals surface area (Å²) in [6.07, 6.45) is 0.926. The van der Waals surface area contributed by atoms with Crippen LogP contribution in [0.25, 0.3) is 16.9 Å². The number of para-hydroxylation sites is 1. The van der Waals surface area contributed by atoms with Crippen LogP contribution in [0.4, 0.5) is 10.2 Å². The van der Waals surface area contributed by atoms with Crippen molar-refractivity contribution in [2.75, 3.05) is 11.9 Å². The molecule has 0 atom stereocenters. The number of nitrogens with zero attached hydrogens (tertiary/aromatic N) is 2. The lowest BCUT2D eigenvalue weighted by molar-refractivity contribution is 0.612. The first-order chi connectivity index (χ1) is 9.84. The monoisotopic (exact) mass is 285 g/mol. The zero-order valence-electron chi connectivity index (χ0n) is 10.6. The number of benzene rings is 1. The Morgan fingerprint density at radius 3 is 2.95 bits per heavy atom. The van der Waals surface area contributed by atoms with E-state index in [2.05, 4.69) is 21.9 Å². The van der Waals surface area contributed by atoms with Crippen LogP contribution in [-0.4, -0.2) is 16.3 Å². The molecule has 3 heterocycles. The van der Waals surface area contributed by atoms with Crippen LogP contribution in [-0.2, 0) is 6.42 Å². The Hall–Kier alpha value is -2.14. The number of thiophene rings is 1. The second-order valence-electron chi connectivity index (χ2n) is 4.73. The second kappa shape index (κ2) is 4.45. The van der Waals surface area contributed by atoms with Crippen LogP contribution in [0.15, 0.2) is 41.1 Å². The van der Waals surface area contributed by atoms with Gasteiger partial charge in [-0.2, -0.15) is 16.4 Å². The van der Waals surface area contributed by atoms with E-state index in [-0.39, 0.29) is 5.82 Å². The summed E-state index contributed by atoms with van der Waals surface area (Å²) >= 11 is 1.64. The van der Waals surface area contributed by atoms with Gasteiger partial charge >= 0.3 is 0 Å². The molecular weight excluding hydrogens is 273 g/mol. The molecule has 0 radical (unpaired) electrons. The highest BCUT2D eigenvalue weighted by Gasteiger charge is 2.24. The minimum absolute atomic E-state index is 0.261. The van der Waals surface area contributed by atoms with E-state index < -0.39 is 0 Å². The minimum Gasteiger partial charge on any atom is -0.369 e. The molecule has 5 heteroatoms. The van der Waals surface area contributed by atoms with Crippen LogP contribution < -0.4 is 5.32 Å². The Morgan fingerprint density at radius 1 is 1.25 bits per heavy atom. The average molecular weight is 285 g/mol. The highest BCUT2D eigenvalue weighted by Crippen LogP contribution is 2.35. The van der Waals surface area contributed by atoms with Gasteiger partial charge in [-0.3, -0.25) is 0 Å². The summed E-state index contributed by atoms with van der Waals surface area (Å²) in [5.41, 5.74) is 3.71. The van der Waals surface area contributed by atoms with Gasteiger partial charge in [-0.1, -0.05) is 12.1 Å². The van der Waals surface area contributed by atoms with E-state index in [1.807, 2.05) is 11.4 Å². The first-order valence-corrected chi connectivity index (χ1v) is 7.42. The average Bonchev–Trinajstić information content (AvgIpc) is 3.16. The predicted octanol–water partition coefficient (Wildman–Crippen LogP) is 3.71. The number of hydrogen-bond donors (Lipinski definition) is 1. The number of rotatable bonds is 2. The van der Waals surface area contributed by atoms with Crippen LogP contribution in [0.5, 0.6) is 0 Å². The number of nitrogens with one attached hydrogen (secondary N) is 1. The second-order valence-corrected chi connectivity index (χ2v) is 5.51. The van der Waals surface area contributed by atoms with Gasteiger partial charge in [-0.15, -0.1) is 0 Å². The van der Waals surface area contributed by atoms with Gasteiger partial charge in [-0.05, 0) is 30.0 Å². The third-order valence-electron chi connectivity index (χ3n) is 3.53. The van der Waals surface area contributed by atoms with Gasteiger partial charge < -0.3 is 5.32 Å². The third kappa shape index (κ3) is 1.67. The third-order valence-corrected chi connectivity index (χ3v) is 4.21. The molecular formula is C15H12FN3S. The molecule has 3 aromatic rings. The van der Waals surface area contributed by atoms with Crippen molar-refractivity contribution in [1.82, 2.24) is 9.78 Å². The molecule has 0 saturated heterocycles. The molecule has 0 spiro atoms. The van der Waals surface area contributed by atoms with Gasteiger partial charge in [0.05, 0.1) is 5.69 Å². The maximum Gasteiger partial charge on any atom is 0.148 e. The molecule has 0 aliphatic carbocycles. The largest absolute Gasteiger partial charge is 0.369 e. The molecule has 1 aliphatic rings. The van der Waals surface area contributed by atoms with E-state index in [4.69, 9.17) is 0 Å². The predicted molar refractivity (Wildman–Crippen MR) is 79.0 cm³/mol. The summed E-state index contributed by atoms with van der Waals surface area (Å²) < 4.78 is 15.7. The fourth-order valence-corrected chi connectivity index (χ4v) is 3.24. The maximum atomic E-state index is 14.0. The molecule has 0 bridgehead atoms. The Bertz CT molecular complexity index is 762. The minimum atomic E-state index is -0.261. The quantitative estimate of drug-likeness (QED) is 0.778. The van der Waals surface area contributed by atoms with Crippen LogP contribution in [0.1, 0.15) is 5.56 Å². The number of aromatic nitrogens is 2. The first-order valence-electron chi connectivity index (χ1n) is 6.48. The highest BCUT2D eigenvalue weighted by molar-refractivity contribution is 7.08. The van der Waals surface area contributed by atoms with Gasteiger partial charge in [0.25, 0.3) is 0 Å². The molecule has 1 N–H and O–H groups in total. The van der Waals surface area contributed by atoms with Crippen molar-refractivity contribution in [1.29, 1.82) is 0 Å². The van der Waals surface area contributed by atoms with E-state index >= 15 is 0 Å². The molecule has 20 heavy (non-hydrogen) atoms. The fourth-order valence-electron chi connectivity index (χ4n) is 2.60. The molecule has 3 nitrogen and oxygen atoms in total. The Balaban J connectivity index is 1.94. The van der Waals surface area contributed by atoms with Crippen LogP contribution in [0.3, 0.4) is 0 Å². The number of anilines is 1. The molecule has 0 saturated carbocycles. The van der Waals surface area contributed by atoms with Gasteiger partial charge in [0, 0.05) is 23.1 Å². The summed E-state index contributed by atoms with van der Waals surface area (Å²) in [7, 11) is 0. The summed E-state index contributed by atoms with van der Waals surface area (Å²) in [6, 6.07) is 8.78. The number of halogens is 1. The number of fused-ring (bicyclic) bond motifs is 1. The summed E-state index contributed by atoms with van der Waals surface area (Å²) in [4.78, 5) is 0. The number of hydrogen-bond acceptors (Lipinski definition) is 3. The van der Waals surface area contributed by atoms with E-state index in [1.54, 1.807) is 28.2 Å². The smallest absolute Gasteiger partial charge is 0.148 e. The molecule has 2 aromatic heterocycles. The molecule has 4 rings (SSSR count). The van der Waals surface area contributed by atoms with Crippen molar-refractivity contribution in [3.63, 3.8) is 0 Å². The fraction of sp³-hybridized carbons (Fsp3) is 0.133. The standard InChI is InChI=1S/C15H12FN3S/c16-12-3-1-2-4-13(12)19-15-11(5-7-17-15)14(18-19)10-6-8-20-9-10/h1-4,6,8-9,17H,5,7H2. The lowest BCUT2D eigenvalue weighted by atomic mass is 10.1. The van der Waals surface area contributed by atoms with Crippen molar-refractivity contribution >= 4 is 17.2 Å². The van der Waals surface area contributed by atoms with Crippen molar-refractivity contribution in [2.45, 2.75) is 6.42 Å². The SMILES string of the molecule is Fc1ccccc1-n1nc(-c2ccsc2)c2c1NCC2. The zero-order valence-corrected chi connectivity index (χ0v) is 11.5. The van der Waals surface area contributed by atoms with Gasteiger partial charge in [0.2, 0.25) is 0 Å². The lowest BCUT2D eigenvalue weighted by Crippen LogP contribution is -2.05. The van der Waals surface area contributed by atoms with Gasteiger partial charge in [0.15, 0.2) is 0 Å². The van der Waals surface area contributed by atoms with Crippen molar-refractivity contribution in [3.05, 3.63) is 52.5 Å². The maximum absolute atomic E-state index is 14.0. The molecule has 0 fully saturated rings. The molecule has 1 aliphatic heterocycles. The van der Waals surface area contributed by atoms with Gasteiger partial charge in [0.1, 0.15) is 17.3 Å². The van der Waals surface area contributed by atoms with E-state index in [1.165, 1.54) is 11.6 Å². The molecule has 0 amide bonds. The van der Waals surface area contributed by atoms with Gasteiger partial charge in [-0.25, -0.2) is 9.07 Å².